The molecule has 0 amide bonds. The standard InChI is InChI=1S/C21H32N4O2S/c1-7-22-20(24-13-19-25-18(14-28-19)21(3,4)5)23-12-15(2)27-17-11-9-8-10-16(17)26-6/h8-11,14-15H,7,12-13H2,1-6H3,(H2,22,23,24). The van der Waals surface area contributed by atoms with Gasteiger partial charge in [-0.2, -0.15) is 0 Å². The molecule has 0 saturated heterocycles. The van der Waals surface area contributed by atoms with Crippen LogP contribution < -0.4 is 20.1 Å². The van der Waals surface area contributed by atoms with E-state index in [2.05, 4.69) is 41.8 Å². The lowest BCUT2D eigenvalue weighted by Gasteiger charge is -2.19. The number of methoxy groups -OCH3 is 1. The topological polar surface area (TPSA) is 67.8 Å². The van der Waals surface area contributed by atoms with Crippen molar-refractivity contribution in [2.24, 2.45) is 4.99 Å². The van der Waals surface area contributed by atoms with Gasteiger partial charge in [-0.25, -0.2) is 9.98 Å². The minimum atomic E-state index is -0.0486. The number of aromatic nitrogens is 1. The Balaban J connectivity index is 1.92. The molecule has 0 bridgehead atoms. The number of aliphatic imine (C=N–C) groups is 1. The number of ether oxygens (including phenoxy) is 2. The smallest absolute Gasteiger partial charge is 0.191 e. The van der Waals surface area contributed by atoms with Crippen LogP contribution in [-0.2, 0) is 12.0 Å². The Kier molecular flexibility index (Phi) is 8.11. The SMILES string of the molecule is CCNC(=NCc1nc(C(C)(C)C)cs1)NCC(C)Oc1ccccc1OC. The molecule has 0 fully saturated rings. The predicted octanol–water partition coefficient (Wildman–Crippen LogP) is 3.97. The van der Waals surface area contributed by atoms with Gasteiger partial charge in [-0.3, -0.25) is 0 Å². The minimum Gasteiger partial charge on any atom is -0.493 e. The van der Waals surface area contributed by atoms with Gasteiger partial charge in [-0.15, -0.1) is 11.3 Å². The zero-order valence-electron chi connectivity index (χ0n) is 17.7. The van der Waals surface area contributed by atoms with Gasteiger partial charge in [-0.05, 0) is 26.0 Å². The molecule has 1 aromatic carbocycles. The Morgan fingerprint density at radius 2 is 1.93 bits per heavy atom. The minimum absolute atomic E-state index is 0.0486. The Bertz CT molecular complexity index is 768. The summed E-state index contributed by atoms with van der Waals surface area (Å²) in [6, 6.07) is 7.66. The van der Waals surface area contributed by atoms with E-state index < -0.39 is 0 Å². The number of thiazole rings is 1. The summed E-state index contributed by atoms with van der Waals surface area (Å²) in [4.78, 5) is 9.35. The largest absolute Gasteiger partial charge is 0.493 e. The summed E-state index contributed by atoms with van der Waals surface area (Å²) in [5, 5.41) is 9.74. The quantitative estimate of drug-likeness (QED) is 0.515. The highest BCUT2D eigenvalue weighted by Gasteiger charge is 2.17. The second-order valence-corrected chi connectivity index (χ2v) is 8.47. The number of hydrogen-bond acceptors (Lipinski definition) is 5. The molecule has 1 heterocycles. The van der Waals surface area contributed by atoms with E-state index >= 15 is 0 Å². The highest BCUT2D eigenvalue weighted by molar-refractivity contribution is 7.09. The van der Waals surface area contributed by atoms with Gasteiger partial charge in [0.05, 0.1) is 25.9 Å². The van der Waals surface area contributed by atoms with Gasteiger partial charge < -0.3 is 20.1 Å². The summed E-state index contributed by atoms with van der Waals surface area (Å²) in [5.74, 6) is 2.22. The molecule has 154 valence electrons. The van der Waals surface area contributed by atoms with Crippen molar-refractivity contribution < 1.29 is 9.47 Å². The first kappa shape index (κ1) is 22.0. The van der Waals surface area contributed by atoms with Gasteiger partial charge in [0.2, 0.25) is 0 Å². The maximum Gasteiger partial charge on any atom is 0.191 e. The van der Waals surface area contributed by atoms with Crippen molar-refractivity contribution in [1.29, 1.82) is 0 Å². The first-order valence-electron chi connectivity index (χ1n) is 9.60. The normalized spacial score (nSPS) is 13.1. The number of rotatable bonds is 8. The van der Waals surface area contributed by atoms with Gasteiger partial charge in [0.1, 0.15) is 11.1 Å². The first-order valence-corrected chi connectivity index (χ1v) is 10.5. The Morgan fingerprint density at radius 1 is 1.21 bits per heavy atom. The van der Waals surface area contributed by atoms with Crippen molar-refractivity contribution in [1.82, 2.24) is 15.6 Å². The van der Waals surface area contributed by atoms with E-state index in [1.807, 2.05) is 38.1 Å². The monoisotopic (exact) mass is 404 g/mol. The summed E-state index contributed by atoms with van der Waals surface area (Å²) in [6.07, 6.45) is -0.0486. The van der Waals surface area contributed by atoms with Crippen LogP contribution in [0.3, 0.4) is 0 Å². The molecule has 0 aliphatic rings. The first-order chi connectivity index (χ1) is 13.3. The molecule has 7 heteroatoms. The van der Waals surface area contributed by atoms with Crippen LogP contribution in [0.15, 0.2) is 34.6 Å². The number of guanidine groups is 1. The third-order valence-corrected chi connectivity index (χ3v) is 4.82. The maximum atomic E-state index is 5.99. The molecule has 6 nitrogen and oxygen atoms in total. The molecule has 0 aliphatic heterocycles. The van der Waals surface area contributed by atoms with Crippen molar-refractivity contribution in [3.8, 4) is 11.5 Å². The predicted molar refractivity (Wildman–Crippen MR) is 117 cm³/mol. The molecule has 2 rings (SSSR count). The number of benzene rings is 1. The van der Waals surface area contributed by atoms with E-state index in [1.54, 1.807) is 18.4 Å². The highest BCUT2D eigenvalue weighted by Crippen LogP contribution is 2.26. The zero-order chi connectivity index (χ0) is 20.6. The van der Waals surface area contributed by atoms with E-state index in [0.29, 0.717) is 13.1 Å². The third kappa shape index (κ3) is 6.71. The van der Waals surface area contributed by atoms with E-state index in [0.717, 1.165) is 34.7 Å². The lowest BCUT2D eigenvalue weighted by molar-refractivity contribution is 0.213. The van der Waals surface area contributed by atoms with Crippen LogP contribution >= 0.6 is 11.3 Å². The fraction of sp³-hybridized carbons (Fsp3) is 0.524. The molecule has 0 radical (unpaired) electrons. The van der Waals surface area contributed by atoms with Crippen LogP contribution in [0, 0.1) is 0 Å². The maximum absolute atomic E-state index is 5.99. The molecule has 0 aliphatic carbocycles. The second kappa shape index (κ2) is 10.3. The van der Waals surface area contributed by atoms with Crippen LogP contribution in [-0.4, -0.2) is 37.2 Å². The van der Waals surface area contributed by atoms with Crippen LogP contribution in [0.5, 0.6) is 11.5 Å². The summed E-state index contributed by atoms with van der Waals surface area (Å²) in [6.45, 7) is 12.5. The number of para-hydroxylation sites is 2. The van der Waals surface area contributed by atoms with Gasteiger partial charge >= 0.3 is 0 Å². The molecule has 1 unspecified atom stereocenters. The van der Waals surface area contributed by atoms with Gasteiger partial charge in [0.15, 0.2) is 17.5 Å². The van der Waals surface area contributed by atoms with Crippen LogP contribution in [0.1, 0.15) is 45.3 Å². The molecule has 0 spiro atoms. The number of nitrogens with zero attached hydrogens (tertiary/aromatic N) is 2. The summed E-state index contributed by atoms with van der Waals surface area (Å²) in [5.41, 5.74) is 1.17. The molecule has 2 N–H and O–H groups in total. The highest BCUT2D eigenvalue weighted by atomic mass is 32.1. The zero-order valence-corrected chi connectivity index (χ0v) is 18.5. The summed E-state index contributed by atoms with van der Waals surface area (Å²) >= 11 is 1.65. The van der Waals surface area contributed by atoms with Crippen molar-refractivity contribution in [3.05, 3.63) is 40.3 Å². The van der Waals surface area contributed by atoms with E-state index in [9.17, 15) is 0 Å². The lowest BCUT2D eigenvalue weighted by atomic mass is 9.93. The third-order valence-electron chi connectivity index (χ3n) is 3.99. The van der Waals surface area contributed by atoms with Crippen molar-refractivity contribution in [3.63, 3.8) is 0 Å². The summed E-state index contributed by atoms with van der Waals surface area (Å²) in [7, 11) is 1.64. The number of hydrogen-bond donors (Lipinski definition) is 2. The Morgan fingerprint density at radius 3 is 2.54 bits per heavy atom. The Labute approximate surface area is 172 Å². The van der Waals surface area contributed by atoms with Gasteiger partial charge in [0, 0.05) is 17.3 Å². The molecular weight excluding hydrogens is 372 g/mol. The second-order valence-electron chi connectivity index (χ2n) is 7.53. The van der Waals surface area contributed by atoms with Gasteiger partial charge in [0.25, 0.3) is 0 Å². The van der Waals surface area contributed by atoms with E-state index in [4.69, 9.17) is 14.5 Å². The molecular formula is C21H32N4O2S. The fourth-order valence-corrected chi connectivity index (χ4v) is 3.38. The molecule has 0 saturated carbocycles. The van der Waals surface area contributed by atoms with Crippen molar-refractivity contribution in [2.75, 3.05) is 20.2 Å². The fourth-order valence-electron chi connectivity index (χ4n) is 2.43. The molecule has 1 aromatic heterocycles. The van der Waals surface area contributed by atoms with Crippen molar-refractivity contribution >= 4 is 17.3 Å². The summed E-state index contributed by atoms with van der Waals surface area (Å²) < 4.78 is 11.3. The van der Waals surface area contributed by atoms with Crippen LogP contribution in [0.25, 0.3) is 0 Å². The van der Waals surface area contributed by atoms with E-state index in [1.165, 1.54) is 0 Å². The van der Waals surface area contributed by atoms with Crippen LogP contribution in [0.4, 0.5) is 0 Å². The lowest BCUT2D eigenvalue weighted by Crippen LogP contribution is -2.41. The number of nitrogens with one attached hydrogen (secondary N) is 2. The van der Waals surface area contributed by atoms with Gasteiger partial charge in [-0.1, -0.05) is 32.9 Å². The average molecular weight is 405 g/mol. The van der Waals surface area contributed by atoms with E-state index in [-0.39, 0.29) is 11.5 Å². The molecule has 2 aromatic rings. The average Bonchev–Trinajstić information content (AvgIpc) is 3.14. The molecule has 1 atom stereocenters. The van der Waals surface area contributed by atoms with Crippen molar-refractivity contribution in [2.45, 2.75) is 52.7 Å². The Hall–Kier alpha value is -2.28. The molecule has 28 heavy (non-hydrogen) atoms. The van der Waals surface area contributed by atoms with Crippen LogP contribution in [0.2, 0.25) is 0 Å².